The van der Waals surface area contributed by atoms with Crippen molar-refractivity contribution in [1.29, 1.82) is 0 Å². The van der Waals surface area contributed by atoms with Gasteiger partial charge in [0.1, 0.15) is 5.78 Å². The molecule has 1 aliphatic heterocycles. The van der Waals surface area contributed by atoms with Crippen molar-refractivity contribution in [2.24, 2.45) is 0 Å². The molecule has 1 spiro atoms. The van der Waals surface area contributed by atoms with Crippen molar-refractivity contribution in [3.05, 3.63) is 0 Å². The molecule has 1 heterocycles. The Bertz CT molecular complexity index is 136. The van der Waals surface area contributed by atoms with Crippen molar-refractivity contribution in [1.82, 2.24) is 0 Å². The van der Waals surface area contributed by atoms with Gasteiger partial charge in [-0.05, 0) is 0 Å². The van der Waals surface area contributed by atoms with E-state index in [0.29, 0.717) is 26.1 Å². The first-order valence-electron chi connectivity index (χ1n) is 3.10. The van der Waals surface area contributed by atoms with E-state index in [2.05, 4.69) is 0 Å². The minimum absolute atomic E-state index is 0.247. The molecule has 50 valence electrons. The fourth-order valence-electron chi connectivity index (χ4n) is 1.25. The summed E-state index contributed by atoms with van der Waals surface area (Å²) in [6, 6.07) is 0. The molecule has 0 unspecified atom stereocenters. The van der Waals surface area contributed by atoms with Crippen molar-refractivity contribution in [2.45, 2.75) is 18.6 Å². The van der Waals surface area contributed by atoms with Gasteiger partial charge in [-0.2, -0.15) is 0 Å². The van der Waals surface area contributed by atoms with Gasteiger partial charge in [-0.1, -0.05) is 0 Å². The standard InChI is InChI=1S/C6H8O3/c7-5-3-6(4-5)8-1-2-9-6/h1-4H2. The highest BCUT2D eigenvalue weighted by Crippen LogP contribution is 2.36. The molecule has 2 fully saturated rings. The maximum atomic E-state index is 10.5. The third-order valence-corrected chi connectivity index (χ3v) is 1.75. The minimum atomic E-state index is -0.461. The fraction of sp³-hybridized carbons (Fsp3) is 0.833. The molecule has 9 heavy (non-hydrogen) atoms. The largest absolute Gasteiger partial charge is 0.347 e. The third-order valence-electron chi connectivity index (χ3n) is 1.75. The minimum Gasteiger partial charge on any atom is -0.347 e. The van der Waals surface area contributed by atoms with Gasteiger partial charge < -0.3 is 9.47 Å². The van der Waals surface area contributed by atoms with Crippen LogP contribution in [0.2, 0.25) is 0 Å². The van der Waals surface area contributed by atoms with Gasteiger partial charge in [0.05, 0.1) is 26.1 Å². The second-order valence-electron chi connectivity index (χ2n) is 2.50. The first kappa shape index (κ1) is 5.38. The van der Waals surface area contributed by atoms with Crippen LogP contribution in [0.4, 0.5) is 0 Å². The molecule has 3 heteroatoms. The van der Waals surface area contributed by atoms with Gasteiger partial charge in [0.2, 0.25) is 0 Å². The summed E-state index contributed by atoms with van der Waals surface area (Å²) in [6.45, 7) is 1.29. The molecular formula is C6H8O3. The summed E-state index contributed by atoms with van der Waals surface area (Å²) in [5.74, 6) is -0.214. The highest BCUT2D eigenvalue weighted by Gasteiger charge is 2.48. The normalized spacial score (nSPS) is 30.9. The van der Waals surface area contributed by atoms with Crippen LogP contribution in [0.3, 0.4) is 0 Å². The lowest BCUT2D eigenvalue weighted by atomic mass is 9.90. The van der Waals surface area contributed by atoms with Crippen LogP contribution in [-0.2, 0) is 14.3 Å². The lowest BCUT2D eigenvalue weighted by molar-refractivity contribution is -0.203. The molecular weight excluding hydrogens is 120 g/mol. The van der Waals surface area contributed by atoms with Crippen LogP contribution in [0.25, 0.3) is 0 Å². The molecule has 0 radical (unpaired) electrons. The Hall–Kier alpha value is -0.410. The number of ether oxygens (including phenoxy) is 2. The number of Topliss-reactive ketones (excluding diaryl/α,β-unsaturated/α-hetero) is 1. The Morgan fingerprint density at radius 1 is 1.22 bits per heavy atom. The number of hydrogen-bond donors (Lipinski definition) is 0. The molecule has 1 saturated heterocycles. The zero-order valence-electron chi connectivity index (χ0n) is 5.05. The van der Waals surface area contributed by atoms with Gasteiger partial charge >= 0.3 is 0 Å². The average molecular weight is 128 g/mol. The van der Waals surface area contributed by atoms with Crippen LogP contribution in [0, 0.1) is 0 Å². The number of carbonyl (C=O) groups excluding carboxylic acids is 1. The van der Waals surface area contributed by atoms with E-state index >= 15 is 0 Å². The number of hydrogen-bond acceptors (Lipinski definition) is 3. The highest BCUT2D eigenvalue weighted by molar-refractivity contribution is 5.86. The summed E-state index contributed by atoms with van der Waals surface area (Å²) in [4.78, 5) is 10.5. The molecule has 2 aliphatic rings. The lowest BCUT2D eigenvalue weighted by Gasteiger charge is -2.33. The van der Waals surface area contributed by atoms with Gasteiger partial charge in [0, 0.05) is 0 Å². The van der Waals surface area contributed by atoms with Gasteiger partial charge in [-0.3, -0.25) is 4.79 Å². The predicted molar refractivity (Wildman–Crippen MR) is 28.9 cm³/mol. The zero-order valence-corrected chi connectivity index (χ0v) is 5.05. The summed E-state index contributed by atoms with van der Waals surface area (Å²) >= 11 is 0. The Kier molecular flexibility index (Phi) is 0.926. The van der Waals surface area contributed by atoms with Crippen LogP contribution >= 0.6 is 0 Å². The van der Waals surface area contributed by atoms with E-state index in [0.717, 1.165) is 0 Å². The fourth-order valence-corrected chi connectivity index (χ4v) is 1.25. The predicted octanol–water partition coefficient (Wildman–Crippen LogP) is 0.0924. The molecule has 0 atom stereocenters. The Morgan fingerprint density at radius 2 is 1.78 bits per heavy atom. The van der Waals surface area contributed by atoms with Crippen LogP contribution in [0.5, 0.6) is 0 Å². The van der Waals surface area contributed by atoms with Crippen LogP contribution in [0.15, 0.2) is 0 Å². The SMILES string of the molecule is O=C1CC2(C1)OCCO2. The van der Waals surface area contributed by atoms with E-state index in [1.165, 1.54) is 0 Å². The molecule has 0 aromatic heterocycles. The van der Waals surface area contributed by atoms with Crippen molar-refractivity contribution in [3.63, 3.8) is 0 Å². The van der Waals surface area contributed by atoms with Crippen molar-refractivity contribution in [2.75, 3.05) is 13.2 Å². The van der Waals surface area contributed by atoms with Gasteiger partial charge in [-0.15, -0.1) is 0 Å². The third kappa shape index (κ3) is 0.686. The highest BCUT2D eigenvalue weighted by atomic mass is 16.7. The first-order chi connectivity index (χ1) is 4.31. The quantitative estimate of drug-likeness (QED) is 0.464. The molecule has 0 aromatic rings. The average Bonchev–Trinajstić information content (AvgIpc) is 2.12. The van der Waals surface area contributed by atoms with Crippen LogP contribution in [-0.4, -0.2) is 24.8 Å². The number of carbonyl (C=O) groups is 1. The molecule has 1 saturated carbocycles. The maximum Gasteiger partial charge on any atom is 0.182 e. The molecule has 1 aliphatic carbocycles. The first-order valence-corrected chi connectivity index (χ1v) is 3.10. The summed E-state index contributed by atoms with van der Waals surface area (Å²) in [6.07, 6.45) is 0.931. The Labute approximate surface area is 52.9 Å². The van der Waals surface area contributed by atoms with E-state index in [4.69, 9.17) is 9.47 Å². The maximum absolute atomic E-state index is 10.5. The van der Waals surface area contributed by atoms with E-state index in [9.17, 15) is 4.79 Å². The second kappa shape index (κ2) is 1.55. The van der Waals surface area contributed by atoms with E-state index in [1.54, 1.807) is 0 Å². The zero-order chi connectivity index (χ0) is 6.32. The monoisotopic (exact) mass is 128 g/mol. The lowest BCUT2D eigenvalue weighted by Crippen LogP contribution is -2.45. The van der Waals surface area contributed by atoms with Crippen molar-refractivity contribution >= 4 is 5.78 Å². The van der Waals surface area contributed by atoms with E-state index in [-0.39, 0.29) is 5.78 Å². The number of ketones is 1. The van der Waals surface area contributed by atoms with Gasteiger partial charge in [-0.25, -0.2) is 0 Å². The topological polar surface area (TPSA) is 35.5 Å². The second-order valence-corrected chi connectivity index (χ2v) is 2.50. The molecule has 0 bridgehead atoms. The van der Waals surface area contributed by atoms with Gasteiger partial charge in [0.15, 0.2) is 5.79 Å². The van der Waals surface area contributed by atoms with E-state index in [1.807, 2.05) is 0 Å². The van der Waals surface area contributed by atoms with E-state index < -0.39 is 5.79 Å². The van der Waals surface area contributed by atoms with Crippen molar-refractivity contribution in [3.8, 4) is 0 Å². The van der Waals surface area contributed by atoms with Crippen molar-refractivity contribution < 1.29 is 14.3 Å². The molecule has 0 N–H and O–H groups in total. The van der Waals surface area contributed by atoms with Crippen LogP contribution in [0.1, 0.15) is 12.8 Å². The number of rotatable bonds is 0. The summed E-state index contributed by atoms with van der Waals surface area (Å²) in [5, 5.41) is 0. The Morgan fingerprint density at radius 3 is 2.22 bits per heavy atom. The molecule has 0 aromatic carbocycles. The molecule has 3 nitrogen and oxygen atoms in total. The smallest absolute Gasteiger partial charge is 0.182 e. The summed E-state index contributed by atoms with van der Waals surface area (Å²) in [5.41, 5.74) is 0. The molecule has 0 amide bonds. The summed E-state index contributed by atoms with van der Waals surface area (Å²) in [7, 11) is 0. The molecule has 2 rings (SSSR count). The summed E-state index contributed by atoms with van der Waals surface area (Å²) < 4.78 is 10.4. The Balaban J connectivity index is 2.03. The van der Waals surface area contributed by atoms with Gasteiger partial charge in [0.25, 0.3) is 0 Å². The van der Waals surface area contributed by atoms with Crippen LogP contribution < -0.4 is 0 Å².